The van der Waals surface area contributed by atoms with Gasteiger partial charge < -0.3 is 15.1 Å². The molecule has 1 fully saturated rings. The van der Waals surface area contributed by atoms with Crippen LogP contribution in [0, 0.1) is 17.2 Å². The number of nitrogens with zero attached hydrogens (tertiary/aromatic N) is 3. The standard InChI is InChI=1S/C19H26N4O2/c1-3-22(4-2)19(25)23-11-9-17(10-12-23)18(24)21-14-16-7-5-15(13-20)6-8-16/h5-8,17H,3-4,9-12,14H2,1-2H3,(H,21,24). The van der Waals surface area contributed by atoms with Gasteiger partial charge in [0.2, 0.25) is 5.91 Å². The van der Waals surface area contributed by atoms with Crippen molar-refractivity contribution in [1.29, 1.82) is 5.26 Å². The lowest BCUT2D eigenvalue weighted by atomic mass is 9.96. The van der Waals surface area contributed by atoms with Crippen LogP contribution in [-0.2, 0) is 11.3 Å². The minimum atomic E-state index is -0.0425. The molecule has 1 N–H and O–H groups in total. The Morgan fingerprint density at radius 1 is 1.20 bits per heavy atom. The van der Waals surface area contributed by atoms with Crippen molar-refractivity contribution in [2.75, 3.05) is 26.2 Å². The van der Waals surface area contributed by atoms with Crippen LogP contribution >= 0.6 is 0 Å². The third-order valence-corrected chi connectivity index (χ3v) is 4.72. The lowest BCUT2D eigenvalue weighted by molar-refractivity contribution is -0.126. The van der Waals surface area contributed by atoms with Crippen LogP contribution in [0.4, 0.5) is 4.79 Å². The molecule has 1 aliphatic rings. The molecule has 0 radical (unpaired) electrons. The fourth-order valence-corrected chi connectivity index (χ4v) is 3.06. The average Bonchev–Trinajstić information content (AvgIpc) is 2.67. The zero-order chi connectivity index (χ0) is 18.2. The van der Waals surface area contributed by atoms with E-state index in [2.05, 4.69) is 11.4 Å². The number of urea groups is 1. The van der Waals surface area contributed by atoms with Crippen molar-refractivity contribution < 1.29 is 9.59 Å². The number of rotatable bonds is 5. The average molecular weight is 342 g/mol. The highest BCUT2D eigenvalue weighted by molar-refractivity contribution is 5.79. The summed E-state index contributed by atoms with van der Waals surface area (Å²) < 4.78 is 0. The number of likely N-dealkylation sites (tertiary alicyclic amines) is 1. The van der Waals surface area contributed by atoms with Gasteiger partial charge in [0.15, 0.2) is 0 Å². The van der Waals surface area contributed by atoms with Crippen molar-refractivity contribution in [3.8, 4) is 6.07 Å². The molecule has 6 heteroatoms. The first-order valence-corrected chi connectivity index (χ1v) is 8.89. The van der Waals surface area contributed by atoms with Gasteiger partial charge in [0.1, 0.15) is 0 Å². The Hall–Kier alpha value is -2.55. The van der Waals surface area contributed by atoms with E-state index < -0.39 is 0 Å². The van der Waals surface area contributed by atoms with E-state index in [1.807, 2.05) is 35.8 Å². The number of hydrogen-bond donors (Lipinski definition) is 1. The molecule has 0 saturated carbocycles. The van der Waals surface area contributed by atoms with Gasteiger partial charge in [-0.1, -0.05) is 12.1 Å². The van der Waals surface area contributed by atoms with E-state index >= 15 is 0 Å². The van der Waals surface area contributed by atoms with Crippen molar-refractivity contribution in [2.45, 2.75) is 33.2 Å². The van der Waals surface area contributed by atoms with Crippen LogP contribution in [-0.4, -0.2) is 47.9 Å². The minimum Gasteiger partial charge on any atom is -0.352 e. The van der Waals surface area contributed by atoms with Crippen LogP contribution in [0.5, 0.6) is 0 Å². The summed E-state index contributed by atoms with van der Waals surface area (Å²) in [5.74, 6) is -0.00145. The van der Waals surface area contributed by atoms with E-state index in [9.17, 15) is 9.59 Å². The Bertz CT molecular complexity index is 624. The van der Waals surface area contributed by atoms with Gasteiger partial charge in [-0.25, -0.2) is 4.79 Å². The van der Waals surface area contributed by atoms with Crippen molar-refractivity contribution >= 4 is 11.9 Å². The molecule has 0 aromatic heterocycles. The molecule has 1 aromatic rings. The predicted molar refractivity (Wildman–Crippen MR) is 95.6 cm³/mol. The fourth-order valence-electron chi connectivity index (χ4n) is 3.06. The van der Waals surface area contributed by atoms with Gasteiger partial charge >= 0.3 is 6.03 Å². The third-order valence-electron chi connectivity index (χ3n) is 4.72. The lowest BCUT2D eigenvalue weighted by Crippen LogP contribution is -2.48. The van der Waals surface area contributed by atoms with E-state index in [4.69, 9.17) is 5.26 Å². The van der Waals surface area contributed by atoms with Crippen LogP contribution in [0.1, 0.15) is 37.8 Å². The number of amides is 3. The van der Waals surface area contributed by atoms with Crippen molar-refractivity contribution in [3.05, 3.63) is 35.4 Å². The van der Waals surface area contributed by atoms with Gasteiger partial charge in [0.25, 0.3) is 0 Å². The molecule has 6 nitrogen and oxygen atoms in total. The van der Waals surface area contributed by atoms with Gasteiger partial charge in [0.05, 0.1) is 11.6 Å². The van der Waals surface area contributed by atoms with E-state index in [-0.39, 0.29) is 17.9 Å². The first kappa shape index (κ1) is 18.8. The highest BCUT2D eigenvalue weighted by atomic mass is 16.2. The van der Waals surface area contributed by atoms with E-state index in [1.54, 1.807) is 12.1 Å². The Kier molecular flexibility index (Phi) is 6.81. The number of nitriles is 1. The third kappa shape index (κ3) is 4.96. The van der Waals surface area contributed by atoms with Crippen molar-refractivity contribution in [1.82, 2.24) is 15.1 Å². The molecule has 134 valence electrons. The topological polar surface area (TPSA) is 76.4 Å². The summed E-state index contributed by atoms with van der Waals surface area (Å²) in [6, 6.07) is 9.35. The second kappa shape index (κ2) is 9.07. The summed E-state index contributed by atoms with van der Waals surface area (Å²) in [4.78, 5) is 28.3. The molecule has 0 aliphatic carbocycles. The second-order valence-electron chi connectivity index (χ2n) is 6.24. The zero-order valence-electron chi connectivity index (χ0n) is 15.0. The van der Waals surface area contributed by atoms with E-state index in [1.165, 1.54) is 0 Å². The van der Waals surface area contributed by atoms with Crippen LogP contribution in [0.3, 0.4) is 0 Å². The molecular weight excluding hydrogens is 316 g/mol. The second-order valence-corrected chi connectivity index (χ2v) is 6.24. The van der Waals surface area contributed by atoms with Crippen molar-refractivity contribution in [3.63, 3.8) is 0 Å². The lowest BCUT2D eigenvalue weighted by Gasteiger charge is -2.34. The van der Waals surface area contributed by atoms with Crippen molar-refractivity contribution in [2.24, 2.45) is 5.92 Å². The Morgan fingerprint density at radius 3 is 2.32 bits per heavy atom. The molecule has 0 spiro atoms. The maximum atomic E-state index is 12.3. The first-order valence-electron chi connectivity index (χ1n) is 8.89. The first-order chi connectivity index (χ1) is 12.1. The maximum absolute atomic E-state index is 12.3. The molecule has 2 rings (SSSR count). The molecule has 1 aromatic carbocycles. The molecule has 25 heavy (non-hydrogen) atoms. The fraction of sp³-hybridized carbons (Fsp3) is 0.526. The molecule has 1 heterocycles. The molecule has 0 bridgehead atoms. The summed E-state index contributed by atoms with van der Waals surface area (Å²) in [7, 11) is 0. The van der Waals surface area contributed by atoms with E-state index in [0.29, 0.717) is 51.1 Å². The molecule has 1 saturated heterocycles. The summed E-state index contributed by atoms with van der Waals surface area (Å²) in [5.41, 5.74) is 1.59. The normalized spacial score (nSPS) is 14.7. The van der Waals surface area contributed by atoms with Crippen LogP contribution in [0.25, 0.3) is 0 Å². The maximum Gasteiger partial charge on any atom is 0.319 e. The molecule has 0 atom stereocenters. The minimum absolute atomic E-state index is 0.0410. The van der Waals surface area contributed by atoms with Crippen LogP contribution < -0.4 is 5.32 Å². The van der Waals surface area contributed by atoms with Gasteiger partial charge in [-0.05, 0) is 44.4 Å². The number of hydrogen-bond acceptors (Lipinski definition) is 3. The number of piperidine rings is 1. The smallest absolute Gasteiger partial charge is 0.319 e. The predicted octanol–water partition coefficient (Wildman–Crippen LogP) is 2.35. The Balaban J connectivity index is 1.79. The highest BCUT2D eigenvalue weighted by Crippen LogP contribution is 2.19. The number of nitrogens with one attached hydrogen (secondary N) is 1. The Morgan fingerprint density at radius 2 is 1.80 bits per heavy atom. The van der Waals surface area contributed by atoms with E-state index in [0.717, 1.165) is 5.56 Å². The van der Waals surface area contributed by atoms with Gasteiger partial charge in [0, 0.05) is 38.6 Å². The van der Waals surface area contributed by atoms with Crippen LogP contribution in [0.15, 0.2) is 24.3 Å². The number of carbonyl (C=O) groups excluding carboxylic acids is 2. The summed E-state index contributed by atoms with van der Waals surface area (Å²) in [6.45, 7) is 7.09. The summed E-state index contributed by atoms with van der Waals surface area (Å²) >= 11 is 0. The van der Waals surface area contributed by atoms with Gasteiger partial charge in [-0.15, -0.1) is 0 Å². The molecule has 0 unspecified atom stereocenters. The zero-order valence-corrected chi connectivity index (χ0v) is 15.0. The summed E-state index contributed by atoms with van der Waals surface area (Å²) in [6.07, 6.45) is 1.40. The highest BCUT2D eigenvalue weighted by Gasteiger charge is 2.28. The van der Waals surface area contributed by atoms with Gasteiger partial charge in [-0.3, -0.25) is 4.79 Å². The monoisotopic (exact) mass is 342 g/mol. The summed E-state index contributed by atoms with van der Waals surface area (Å²) in [5, 5.41) is 11.8. The van der Waals surface area contributed by atoms with Gasteiger partial charge in [-0.2, -0.15) is 5.26 Å². The molecule has 3 amide bonds. The SMILES string of the molecule is CCN(CC)C(=O)N1CCC(C(=O)NCc2ccc(C#N)cc2)CC1. The number of carbonyl (C=O) groups is 2. The molecule has 1 aliphatic heterocycles. The Labute approximate surface area is 149 Å². The largest absolute Gasteiger partial charge is 0.352 e. The molecular formula is C19H26N4O2. The van der Waals surface area contributed by atoms with Crippen LogP contribution in [0.2, 0.25) is 0 Å². The quantitative estimate of drug-likeness (QED) is 0.892. The number of benzene rings is 1.